The lowest BCUT2D eigenvalue weighted by Crippen LogP contribution is -2.44. The van der Waals surface area contributed by atoms with Gasteiger partial charge in [0, 0.05) is 19.6 Å². The molecule has 0 saturated carbocycles. The predicted molar refractivity (Wildman–Crippen MR) is 142 cm³/mol. The van der Waals surface area contributed by atoms with Crippen molar-refractivity contribution >= 4 is 28.4 Å². The Morgan fingerprint density at radius 1 is 1.08 bits per heavy atom. The van der Waals surface area contributed by atoms with Gasteiger partial charge in [0.2, 0.25) is 0 Å². The van der Waals surface area contributed by atoms with Gasteiger partial charge in [-0.2, -0.15) is 0 Å². The summed E-state index contributed by atoms with van der Waals surface area (Å²) >= 11 is 0. The van der Waals surface area contributed by atoms with Crippen LogP contribution in [0.2, 0.25) is 0 Å². The number of aliphatic imine (C=N–C) groups is 1. The molecule has 2 aliphatic heterocycles. The van der Waals surface area contributed by atoms with Gasteiger partial charge in [-0.25, -0.2) is 9.10 Å². The molecule has 2 fully saturated rings. The molecule has 1 amide bonds. The second-order valence-corrected chi connectivity index (χ2v) is 12.3. The summed E-state index contributed by atoms with van der Waals surface area (Å²) < 4.78 is 28.6. The Morgan fingerprint density at radius 2 is 1.75 bits per heavy atom. The van der Waals surface area contributed by atoms with E-state index in [1.807, 2.05) is 48.5 Å². The number of ether oxygens (including phenoxy) is 1. The van der Waals surface area contributed by atoms with Crippen molar-refractivity contribution in [2.75, 3.05) is 20.2 Å². The summed E-state index contributed by atoms with van der Waals surface area (Å²) in [5.74, 6) is -0.755. The molecule has 8 nitrogen and oxygen atoms in total. The first-order chi connectivity index (χ1) is 17.0. The zero-order valence-electron chi connectivity index (χ0n) is 21.3. The minimum Gasteiger partial charge on any atom is -0.465 e. The lowest BCUT2D eigenvalue weighted by Gasteiger charge is -2.46. The summed E-state index contributed by atoms with van der Waals surface area (Å²) in [6, 6.07) is 16.5. The first-order valence-electron chi connectivity index (χ1n) is 12.2. The first kappa shape index (κ1) is 26.3. The fourth-order valence-corrected chi connectivity index (χ4v) is 7.31. The highest BCUT2D eigenvalue weighted by Crippen LogP contribution is 2.64. The van der Waals surface area contributed by atoms with E-state index in [1.54, 1.807) is 26.8 Å². The van der Waals surface area contributed by atoms with E-state index in [4.69, 9.17) is 9.73 Å². The predicted octanol–water partition coefficient (Wildman–Crippen LogP) is 4.93. The van der Waals surface area contributed by atoms with Crippen LogP contribution in [0, 0.1) is 0 Å². The monoisotopic (exact) mass is 513 g/mol. The number of nitrogens with zero attached hydrogens (tertiary/aromatic N) is 3. The maximum atomic E-state index is 13.5. The highest BCUT2D eigenvalue weighted by molar-refractivity contribution is 8.24. The van der Waals surface area contributed by atoms with Crippen LogP contribution in [0.1, 0.15) is 60.3 Å². The minimum atomic E-state index is -3.45. The molecule has 194 valence electrons. The first-order valence-corrected chi connectivity index (χ1v) is 13.7. The van der Waals surface area contributed by atoms with E-state index in [-0.39, 0.29) is 17.7 Å². The second kappa shape index (κ2) is 10.3. The van der Waals surface area contributed by atoms with Gasteiger partial charge < -0.3 is 4.74 Å². The van der Waals surface area contributed by atoms with Crippen LogP contribution >= 0.6 is 10.8 Å². The molecular weight excluding hydrogens is 478 g/mol. The molecule has 2 aromatic carbocycles. The molecule has 0 spiro atoms. The third-order valence-electron chi connectivity index (χ3n) is 6.58. The highest BCUT2D eigenvalue weighted by atomic mass is 32.3. The minimum absolute atomic E-state index is 0.0806. The average molecular weight is 514 g/mol. The molecule has 2 aliphatic rings. The van der Waals surface area contributed by atoms with Crippen molar-refractivity contribution in [2.24, 2.45) is 4.99 Å². The van der Waals surface area contributed by atoms with Crippen molar-refractivity contribution in [1.29, 1.82) is 0 Å². The quantitative estimate of drug-likeness (QED) is 0.550. The van der Waals surface area contributed by atoms with Gasteiger partial charge in [-0.05, 0) is 56.9 Å². The maximum Gasteiger partial charge on any atom is 0.337 e. The van der Waals surface area contributed by atoms with Gasteiger partial charge in [0.1, 0.15) is 11.0 Å². The summed E-state index contributed by atoms with van der Waals surface area (Å²) in [6.45, 7) is 7.69. The molecule has 1 atom stereocenters. The van der Waals surface area contributed by atoms with E-state index in [9.17, 15) is 18.7 Å². The summed E-state index contributed by atoms with van der Waals surface area (Å²) in [5.41, 5.74) is 1.72. The van der Waals surface area contributed by atoms with Crippen molar-refractivity contribution in [3.63, 3.8) is 0 Å². The molecule has 36 heavy (non-hydrogen) atoms. The molecule has 0 bridgehead atoms. The van der Waals surface area contributed by atoms with Crippen molar-refractivity contribution in [2.45, 2.75) is 57.0 Å². The topological polar surface area (TPSA) is 103 Å². The van der Waals surface area contributed by atoms with Crippen molar-refractivity contribution < 1.29 is 23.4 Å². The standard InChI is InChI=1S/C27H35N3O5S/c1-27(2,3)30-25(31)23(24(36(30,33)34)20-10-6-5-7-11-20)28-22-13-15-29(16-14-22)18-19-9-8-12-21(17-19)26(32)35-4/h5-12,17,22,24,33-34H,13-16,18H2,1-4H3. The molecule has 2 N–H and O–H groups in total. The van der Waals surface area contributed by atoms with Crippen LogP contribution in [0.5, 0.6) is 0 Å². The number of esters is 1. The molecule has 2 heterocycles. The van der Waals surface area contributed by atoms with Crippen LogP contribution < -0.4 is 0 Å². The van der Waals surface area contributed by atoms with E-state index in [0.717, 1.165) is 31.5 Å². The number of piperidine rings is 1. The summed E-state index contributed by atoms with van der Waals surface area (Å²) in [6.07, 6.45) is 1.51. The van der Waals surface area contributed by atoms with E-state index >= 15 is 0 Å². The zero-order chi connectivity index (χ0) is 26.1. The zero-order valence-corrected chi connectivity index (χ0v) is 22.1. The molecule has 2 aromatic rings. The Morgan fingerprint density at radius 3 is 2.36 bits per heavy atom. The van der Waals surface area contributed by atoms with Gasteiger partial charge in [-0.1, -0.05) is 42.5 Å². The lowest BCUT2D eigenvalue weighted by molar-refractivity contribution is -0.122. The van der Waals surface area contributed by atoms with Gasteiger partial charge in [0.05, 0.1) is 24.3 Å². The van der Waals surface area contributed by atoms with Crippen LogP contribution in [0.4, 0.5) is 0 Å². The number of benzene rings is 2. The third-order valence-corrected chi connectivity index (χ3v) is 8.96. The Labute approximate surface area is 214 Å². The Bertz CT molecular complexity index is 1140. The SMILES string of the molecule is COC(=O)c1cccc(CN2CCC(N=C3C(=O)N(C(C)(C)C)S(O)(O)C3c3ccccc3)CC2)c1. The molecule has 2 saturated heterocycles. The van der Waals surface area contributed by atoms with Crippen molar-refractivity contribution in [3.05, 3.63) is 71.3 Å². The largest absolute Gasteiger partial charge is 0.465 e. The molecule has 4 rings (SSSR count). The number of methoxy groups -OCH3 is 1. The number of hydrogen-bond acceptors (Lipinski definition) is 7. The van der Waals surface area contributed by atoms with Gasteiger partial charge in [0.15, 0.2) is 0 Å². The van der Waals surface area contributed by atoms with Crippen LogP contribution in [0.3, 0.4) is 0 Å². The van der Waals surface area contributed by atoms with Crippen molar-refractivity contribution in [1.82, 2.24) is 9.21 Å². The van der Waals surface area contributed by atoms with Crippen LogP contribution in [-0.2, 0) is 16.1 Å². The van der Waals surface area contributed by atoms with Gasteiger partial charge >= 0.3 is 5.97 Å². The summed E-state index contributed by atoms with van der Waals surface area (Å²) in [5, 5.41) is -0.871. The molecule has 9 heteroatoms. The number of carbonyl (C=O) groups is 2. The van der Waals surface area contributed by atoms with Crippen molar-refractivity contribution in [3.8, 4) is 0 Å². The number of rotatable bonds is 5. The lowest BCUT2D eigenvalue weighted by atomic mass is 10.0. The summed E-state index contributed by atoms with van der Waals surface area (Å²) in [4.78, 5) is 32.5. The van der Waals surface area contributed by atoms with Gasteiger partial charge in [0.25, 0.3) is 5.91 Å². The van der Waals surface area contributed by atoms with E-state index in [1.165, 1.54) is 11.4 Å². The number of carbonyl (C=O) groups excluding carboxylic acids is 2. The van der Waals surface area contributed by atoms with Crippen LogP contribution in [0.25, 0.3) is 0 Å². The number of amides is 1. The smallest absolute Gasteiger partial charge is 0.337 e. The number of likely N-dealkylation sites (tertiary alicyclic amines) is 1. The maximum absolute atomic E-state index is 13.5. The fraction of sp³-hybridized carbons (Fsp3) is 0.444. The molecule has 0 aliphatic carbocycles. The van der Waals surface area contributed by atoms with E-state index < -0.39 is 27.5 Å². The van der Waals surface area contributed by atoms with Crippen LogP contribution in [-0.4, -0.2) is 67.7 Å². The Kier molecular flexibility index (Phi) is 7.56. The Hall–Kier alpha value is -2.72. The molecule has 0 radical (unpaired) electrons. The van der Waals surface area contributed by atoms with Gasteiger partial charge in [-0.15, -0.1) is 10.8 Å². The highest BCUT2D eigenvalue weighted by Gasteiger charge is 2.54. The van der Waals surface area contributed by atoms with E-state index in [0.29, 0.717) is 17.7 Å². The normalized spacial score (nSPS) is 23.2. The number of hydrogen-bond donors (Lipinski definition) is 2. The molecule has 0 aromatic heterocycles. The average Bonchev–Trinajstić information content (AvgIpc) is 3.04. The Balaban J connectivity index is 1.52. The third kappa shape index (κ3) is 5.34. The van der Waals surface area contributed by atoms with Gasteiger partial charge in [-0.3, -0.25) is 23.8 Å². The summed E-state index contributed by atoms with van der Waals surface area (Å²) in [7, 11) is -2.07. The second-order valence-electron chi connectivity index (χ2n) is 10.3. The van der Waals surface area contributed by atoms with Crippen LogP contribution in [0.15, 0.2) is 59.6 Å². The fourth-order valence-electron chi connectivity index (χ4n) is 4.97. The van der Waals surface area contributed by atoms with E-state index in [2.05, 4.69) is 4.90 Å². The molecular formula is C27H35N3O5S. The molecule has 1 unspecified atom stereocenters.